The monoisotopic (exact) mass is 210 g/mol. The zero-order valence-corrected chi connectivity index (χ0v) is 8.89. The molecule has 3 heteroatoms. The Labute approximate surface area is 90.1 Å². The van der Waals surface area contributed by atoms with Gasteiger partial charge in [-0.05, 0) is 24.8 Å². The van der Waals surface area contributed by atoms with Crippen molar-refractivity contribution in [3.05, 3.63) is 12.3 Å². The van der Waals surface area contributed by atoms with Crippen molar-refractivity contribution in [1.82, 2.24) is 0 Å². The average molecular weight is 210 g/mol. The molecule has 0 radical (unpaired) electrons. The molecule has 3 rings (SSSR count). The first kappa shape index (κ1) is 9.67. The van der Waals surface area contributed by atoms with Gasteiger partial charge in [-0.25, -0.2) is 0 Å². The van der Waals surface area contributed by atoms with E-state index >= 15 is 0 Å². The molecule has 1 saturated heterocycles. The number of hydrogen-bond acceptors (Lipinski definition) is 3. The Hall–Kier alpha value is -0.540. The molecule has 2 fully saturated rings. The molecule has 0 aromatic carbocycles. The van der Waals surface area contributed by atoms with Gasteiger partial charge in [-0.15, -0.1) is 0 Å². The highest BCUT2D eigenvalue weighted by Gasteiger charge is 2.51. The van der Waals surface area contributed by atoms with E-state index in [0.717, 1.165) is 0 Å². The van der Waals surface area contributed by atoms with Crippen molar-refractivity contribution < 1.29 is 14.6 Å². The summed E-state index contributed by atoms with van der Waals surface area (Å²) in [4.78, 5) is 0. The summed E-state index contributed by atoms with van der Waals surface area (Å²) in [7, 11) is 0. The molecule has 15 heavy (non-hydrogen) atoms. The molecule has 3 atom stereocenters. The number of rotatable bonds is 1. The SMILES string of the molecule is O[C@]12C=CO[C@H]1O[C@H](C1CCCCC1)C2. The molecule has 1 N–H and O–H groups in total. The smallest absolute Gasteiger partial charge is 0.232 e. The number of hydrogen-bond donors (Lipinski definition) is 1. The normalized spacial score (nSPS) is 45.4. The lowest BCUT2D eigenvalue weighted by molar-refractivity contribution is -0.148. The molecule has 0 bridgehead atoms. The minimum Gasteiger partial charge on any atom is -0.469 e. The van der Waals surface area contributed by atoms with Crippen molar-refractivity contribution in [3.8, 4) is 0 Å². The second kappa shape index (κ2) is 3.49. The zero-order valence-electron chi connectivity index (χ0n) is 8.89. The van der Waals surface area contributed by atoms with Crippen molar-refractivity contribution >= 4 is 0 Å². The second-order valence-corrected chi connectivity index (χ2v) is 5.04. The Bertz CT molecular complexity index is 270. The Balaban J connectivity index is 1.67. The third-order valence-corrected chi connectivity index (χ3v) is 3.97. The van der Waals surface area contributed by atoms with Crippen LogP contribution in [0.3, 0.4) is 0 Å². The third-order valence-electron chi connectivity index (χ3n) is 3.97. The fourth-order valence-electron chi connectivity index (χ4n) is 3.05. The van der Waals surface area contributed by atoms with Gasteiger partial charge in [0.1, 0.15) is 0 Å². The highest BCUT2D eigenvalue weighted by Crippen LogP contribution is 2.42. The van der Waals surface area contributed by atoms with Crippen LogP contribution in [0.15, 0.2) is 12.3 Å². The van der Waals surface area contributed by atoms with E-state index in [1.54, 1.807) is 12.3 Å². The van der Waals surface area contributed by atoms with Gasteiger partial charge in [0.05, 0.1) is 12.4 Å². The van der Waals surface area contributed by atoms with E-state index in [1.807, 2.05) is 0 Å². The van der Waals surface area contributed by atoms with E-state index in [-0.39, 0.29) is 6.10 Å². The Morgan fingerprint density at radius 2 is 2.00 bits per heavy atom. The number of fused-ring (bicyclic) bond motifs is 1. The van der Waals surface area contributed by atoms with Crippen LogP contribution in [0.1, 0.15) is 38.5 Å². The van der Waals surface area contributed by atoms with Crippen LogP contribution >= 0.6 is 0 Å². The van der Waals surface area contributed by atoms with E-state index in [2.05, 4.69) is 0 Å². The number of ether oxygens (including phenoxy) is 2. The minimum absolute atomic E-state index is 0.199. The van der Waals surface area contributed by atoms with Crippen LogP contribution < -0.4 is 0 Å². The average Bonchev–Trinajstić information content (AvgIpc) is 2.74. The lowest BCUT2D eigenvalue weighted by Crippen LogP contribution is -2.32. The van der Waals surface area contributed by atoms with Gasteiger partial charge in [0.2, 0.25) is 6.29 Å². The largest absolute Gasteiger partial charge is 0.469 e. The predicted octanol–water partition coefficient (Wildman–Crippen LogP) is 1.96. The first-order chi connectivity index (χ1) is 7.28. The van der Waals surface area contributed by atoms with Gasteiger partial charge in [0.15, 0.2) is 5.60 Å². The fourth-order valence-corrected chi connectivity index (χ4v) is 3.05. The van der Waals surface area contributed by atoms with Gasteiger partial charge >= 0.3 is 0 Å². The molecule has 0 aromatic heterocycles. The minimum atomic E-state index is -0.845. The van der Waals surface area contributed by atoms with E-state index in [0.29, 0.717) is 12.3 Å². The molecule has 1 aliphatic carbocycles. The van der Waals surface area contributed by atoms with E-state index in [9.17, 15) is 5.11 Å². The third kappa shape index (κ3) is 1.58. The van der Waals surface area contributed by atoms with Crippen molar-refractivity contribution in [2.45, 2.75) is 56.5 Å². The fraction of sp³-hybridized carbons (Fsp3) is 0.833. The summed E-state index contributed by atoms with van der Waals surface area (Å²) in [6.07, 6.45) is 10.2. The van der Waals surface area contributed by atoms with Crippen LogP contribution in [-0.4, -0.2) is 23.1 Å². The molecule has 0 spiro atoms. The molecule has 3 nitrogen and oxygen atoms in total. The topological polar surface area (TPSA) is 38.7 Å². The standard InChI is InChI=1S/C12H18O3/c13-12-6-7-14-11(12)15-10(8-12)9-4-2-1-3-5-9/h6-7,9-11,13H,1-5,8H2/t10-,11-,12-/m0/s1. The first-order valence-electron chi connectivity index (χ1n) is 5.99. The van der Waals surface area contributed by atoms with Crippen LogP contribution in [0.2, 0.25) is 0 Å². The Morgan fingerprint density at radius 3 is 2.73 bits per heavy atom. The van der Waals surface area contributed by atoms with Crippen LogP contribution in [0.25, 0.3) is 0 Å². The summed E-state index contributed by atoms with van der Waals surface area (Å²) in [6.45, 7) is 0. The molecule has 0 aromatic rings. The molecule has 3 aliphatic rings. The van der Waals surface area contributed by atoms with Crippen LogP contribution in [0, 0.1) is 5.92 Å². The van der Waals surface area contributed by atoms with Gasteiger partial charge in [-0.3, -0.25) is 0 Å². The highest BCUT2D eigenvalue weighted by atomic mass is 16.7. The highest BCUT2D eigenvalue weighted by molar-refractivity contribution is 5.11. The van der Waals surface area contributed by atoms with Crippen molar-refractivity contribution in [2.24, 2.45) is 5.92 Å². The second-order valence-electron chi connectivity index (χ2n) is 5.04. The molecular weight excluding hydrogens is 192 g/mol. The van der Waals surface area contributed by atoms with Crippen LogP contribution in [0.5, 0.6) is 0 Å². The van der Waals surface area contributed by atoms with Gasteiger partial charge in [0, 0.05) is 6.42 Å². The zero-order chi connectivity index (χ0) is 10.3. The number of aliphatic hydroxyl groups is 1. The predicted molar refractivity (Wildman–Crippen MR) is 55.0 cm³/mol. The van der Waals surface area contributed by atoms with Crippen molar-refractivity contribution in [2.75, 3.05) is 0 Å². The maximum Gasteiger partial charge on any atom is 0.232 e. The summed E-state index contributed by atoms with van der Waals surface area (Å²) in [5.74, 6) is 0.630. The van der Waals surface area contributed by atoms with Gasteiger partial charge in [-0.1, -0.05) is 19.3 Å². The molecule has 84 valence electrons. The van der Waals surface area contributed by atoms with E-state index in [1.165, 1.54) is 32.1 Å². The molecule has 2 aliphatic heterocycles. The van der Waals surface area contributed by atoms with Crippen LogP contribution in [-0.2, 0) is 9.47 Å². The summed E-state index contributed by atoms with van der Waals surface area (Å²) >= 11 is 0. The van der Waals surface area contributed by atoms with Crippen molar-refractivity contribution in [1.29, 1.82) is 0 Å². The quantitative estimate of drug-likeness (QED) is 0.719. The molecule has 0 unspecified atom stereocenters. The van der Waals surface area contributed by atoms with E-state index in [4.69, 9.17) is 9.47 Å². The summed E-state index contributed by atoms with van der Waals surface area (Å²) in [5.41, 5.74) is -0.845. The lowest BCUT2D eigenvalue weighted by atomic mass is 9.82. The van der Waals surface area contributed by atoms with Gasteiger partial charge in [-0.2, -0.15) is 0 Å². The molecule has 1 saturated carbocycles. The summed E-state index contributed by atoms with van der Waals surface area (Å²) in [5, 5.41) is 10.2. The first-order valence-corrected chi connectivity index (χ1v) is 5.99. The molecule has 2 heterocycles. The maximum absolute atomic E-state index is 10.2. The van der Waals surface area contributed by atoms with Gasteiger partial charge < -0.3 is 14.6 Å². The summed E-state index contributed by atoms with van der Waals surface area (Å²) < 4.78 is 11.0. The van der Waals surface area contributed by atoms with Crippen LogP contribution in [0.4, 0.5) is 0 Å². The maximum atomic E-state index is 10.2. The lowest BCUT2D eigenvalue weighted by Gasteiger charge is -2.26. The van der Waals surface area contributed by atoms with Crippen molar-refractivity contribution in [3.63, 3.8) is 0 Å². The molecule has 0 amide bonds. The molecular formula is C12H18O3. The Kier molecular flexibility index (Phi) is 2.25. The van der Waals surface area contributed by atoms with Gasteiger partial charge in [0.25, 0.3) is 0 Å². The summed E-state index contributed by atoms with van der Waals surface area (Å²) in [6, 6.07) is 0. The Morgan fingerprint density at radius 1 is 1.20 bits per heavy atom. The van der Waals surface area contributed by atoms with E-state index < -0.39 is 11.9 Å².